The van der Waals surface area contributed by atoms with Crippen LogP contribution in [-0.2, 0) is 4.74 Å². The normalized spacial score (nSPS) is 30.6. The molecule has 0 spiro atoms. The van der Waals surface area contributed by atoms with E-state index in [0.717, 1.165) is 19.1 Å². The molecule has 0 aromatic carbocycles. The molecule has 3 heteroatoms. The summed E-state index contributed by atoms with van der Waals surface area (Å²) in [6.45, 7) is 13.9. The molecule has 3 nitrogen and oxygen atoms in total. The molecule has 0 radical (unpaired) electrons. The summed E-state index contributed by atoms with van der Waals surface area (Å²) in [6, 6.07) is 0.659. The van der Waals surface area contributed by atoms with Gasteiger partial charge in [-0.15, -0.1) is 0 Å². The Balaban J connectivity index is 1.94. The standard InChI is InChI=1S/C17H34N2O/c1-5-9-19-10-6-14(17(2,3)4)13-16(19)18-15-7-11-20-12-8-15/h14-16,18H,5-13H2,1-4H3. The topological polar surface area (TPSA) is 24.5 Å². The molecule has 0 aliphatic carbocycles. The molecule has 0 aromatic rings. The number of hydrogen-bond donors (Lipinski definition) is 1. The summed E-state index contributed by atoms with van der Waals surface area (Å²) >= 11 is 0. The highest BCUT2D eigenvalue weighted by molar-refractivity contribution is 4.87. The lowest BCUT2D eigenvalue weighted by Gasteiger charge is -2.46. The van der Waals surface area contributed by atoms with Gasteiger partial charge in [0.15, 0.2) is 0 Å². The van der Waals surface area contributed by atoms with Gasteiger partial charge in [-0.25, -0.2) is 0 Å². The highest BCUT2D eigenvalue weighted by atomic mass is 16.5. The second-order valence-corrected chi connectivity index (χ2v) is 7.69. The lowest BCUT2D eigenvalue weighted by Crippen LogP contribution is -2.56. The third-order valence-corrected chi connectivity index (χ3v) is 5.10. The smallest absolute Gasteiger partial charge is 0.0602 e. The van der Waals surface area contributed by atoms with E-state index in [2.05, 4.69) is 37.9 Å². The fraction of sp³-hybridized carbons (Fsp3) is 1.00. The van der Waals surface area contributed by atoms with E-state index in [9.17, 15) is 0 Å². The Bertz CT molecular complexity index is 281. The molecular weight excluding hydrogens is 248 g/mol. The average molecular weight is 282 g/mol. The molecule has 2 rings (SSSR count). The first-order valence-electron chi connectivity index (χ1n) is 8.58. The second kappa shape index (κ2) is 7.24. The third kappa shape index (κ3) is 4.44. The highest BCUT2D eigenvalue weighted by Gasteiger charge is 2.35. The van der Waals surface area contributed by atoms with Crippen LogP contribution in [0.1, 0.15) is 59.8 Å². The third-order valence-electron chi connectivity index (χ3n) is 5.10. The number of hydrogen-bond acceptors (Lipinski definition) is 3. The van der Waals surface area contributed by atoms with E-state index in [0.29, 0.717) is 17.6 Å². The van der Waals surface area contributed by atoms with Crippen LogP contribution in [0.25, 0.3) is 0 Å². The number of piperidine rings is 1. The van der Waals surface area contributed by atoms with Gasteiger partial charge in [0.1, 0.15) is 0 Å². The van der Waals surface area contributed by atoms with Gasteiger partial charge in [-0.1, -0.05) is 27.7 Å². The van der Waals surface area contributed by atoms with Crippen LogP contribution < -0.4 is 5.32 Å². The summed E-state index contributed by atoms with van der Waals surface area (Å²) in [5.41, 5.74) is 0.438. The van der Waals surface area contributed by atoms with Crippen LogP contribution in [0.4, 0.5) is 0 Å². The van der Waals surface area contributed by atoms with Crippen molar-refractivity contribution in [3.8, 4) is 0 Å². The summed E-state index contributed by atoms with van der Waals surface area (Å²) in [7, 11) is 0. The fourth-order valence-corrected chi connectivity index (χ4v) is 3.67. The second-order valence-electron chi connectivity index (χ2n) is 7.69. The maximum absolute atomic E-state index is 5.48. The molecule has 0 bridgehead atoms. The number of nitrogens with zero attached hydrogens (tertiary/aromatic N) is 1. The van der Waals surface area contributed by atoms with E-state index in [1.165, 1.54) is 45.2 Å². The van der Waals surface area contributed by atoms with E-state index in [-0.39, 0.29) is 0 Å². The number of ether oxygens (including phenoxy) is 1. The minimum absolute atomic E-state index is 0.438. The molecule has 2 aliphatic rings. The summed E-state index contributed by atoms with van der Waals surface area (Å²) in [5.74, 6) is 0.841. The zero-order valence-electron chi connectivity index (χ0n) is 14.0. The predicted octanol–water partition coefficient (Wildman–Crippen LogP) is 3.25. The van der Waals surface area contributed by atoms with Crippen LogP contribution >= 0.6 is 0 Å². The van der Waals surface area contributed by atoms with E-state index >= 15 is 0 Å². The van der Waals surface area contributed by atoms with Gasteiger partial charge >= 0.3 is 0 Å². The lowest BCUT2D eigenvalue weighted by atomic mass is 9.74. The fourth-order valence-electron chi connectivity index (χ4n) is 3.67. The molecule has 1 N–H and O–H groups in total. The van der Waals surface area contributed by atoms with Gasteiger partial charge in [0.2, 0.25) is 0 Å². The van der Waals surface area contributed by atoms with Crippen molar-refractivity contribution in [1.29, 1.82) is 0 Å². The quantitative estimate of drug-likeness (QED) is 0.856. The van der Waals surface area contributed by atoms with Gasteiger partial charge in [-0.05, 0) is 56.5 Å². The van der Waals surface area contributed by atoms with Crippen molar-refractivity contribution < 1.29 is 4.74 Å². The van der Waals surface area contributed by atoms with E-state index in [1.807, 2.05) is 0 Å². The van der Waals surface area contributed by atoms with Crippen LogP contribution in [0.5, 0.6) is 0 Å². The number of rotatable bonds is 4. The minimum atomic E-state index is 0.438. The zero-order chi connectivity index (χ0) is 14.6. The maximum atomic E-state index is 5.48. The zero-order valence-corrected chi connectivity index (χ0v) is 14.0. The molecule has 2 saturated heterocycles. The van der Waals surface area contributed by atoms with Crippen molar-refractivity contribution in [1.82, 2.24) is 10.2 Å². The van der Waals surface area contributed by atoms with Crippen molar-refractivity contribution in [2.45, 2.75) is 72.0 Å². The molecule has 2 aliphatic heterocycles. The monoisotopic (exact) mass is 282 g/mol. The molecule has 0 aromatic heterocycles. The van der Waals surface area contributed by atoms with Gasteiger partial charge < -0.3 is 4.74 Å². The van der Waals surface area contributed by atoms with Crippen molar-refractivity contribution in [3.05, 3.63) is 0 Å². The first-order chi connectivity index (χ1) is 9.50. The molecule has 0 amide bonds. The highest BCUT2D eigenvalue weighted by Crippen LogP contribution is 2.36. The largest absolute Gasteiger partial charge is 0.381 e. The van der Waals surface area contributed by atoms with E-state index in [4.69, 9.17) is 4.74 Å². The van der Waals surface area contributed by atoms with Crippen LogP contribution in [0.15, 0.2) is 0 Å². The molecule has 2 unspecified atom stereocenters. The van der Waals surface area contributed by atoms with Crippen LogP contribution in [0.3, 0.4) is 0 Å². The molecule has 2 atom stereocenters. The Labute approximate surface area is 125 Å². The van der Waals surface area contributed by atoms with E-state index in [1.54, 1.807) is 0 Å². The minimum Gasteiger partial charge on any atom is -0.381 e. The van der Waals surface area contributed by atoms with E-state index < -0.39 is 0 Å². The summed E-state index contributed by atoms with van der Waals surface area (Å²) in [6.07, 6.45) is 6.85. The SMILES string of the molecule is CCCN1CCC(C(C)(C)C)CC1NC1CCOCC1. The van der Waals surface area contributed by atoms with Gasteiger partial charge in [0, 0.05) is 19.3 Å². The Kier molecular flexibility index (Phi) is 5.88. The first kappa shape index (κ1) is 16.3. The molecular formula is C17H34N2O. The van der Waals surface area contributed by atoms with Gasteiger partial charge in [-0.2, -0.15) is 0 Å². The Morgan fingerprint density at radius 1 is 1.15 bits per heavy atom. The predicted molar refractivity (Wildman–Crippen MR) is 84.8 cm³/mol. The van der Waals surface area contributed by atoms with Crippen molar-refractivity contribution in [2.75, 3.05) is 26.3 Å². The Morgan fingerprint density at radius 2 is 1.85 bits per heavy atom. The summed E-state index contributed by atoms with van der Waals surface area (Å²) < 4.78 is 5.48. The van der Waals surface area contributed by atoms with Gasteiger partial charge in [0.05, 0.1) is 6.17 Å². The van der Waals surface area contributed by atoms with Crippen LogP contribution in [0, 0.1) is 11.3 Å². The molecule has 118 valence electrons. The summed E-state index contributed by atoms with van der Waals surface area (Å²) in [4.78, 5) is 2.68. The van der Waals surface area contributed by atoms with Gasteiger partial charge in [-0.3, -0.25) is 10.2 Å². The molecule has 2 fully saturated rings. The van der Waals surface area contributed by atoms with Crippen LogP contribution in [0.2, 0.25) is 0 Å². The van der Waals surface area contributed by atoms with Crippen LogP contribution in [-0.4, -0.2) is 43.4 Å². The molecule has 0 saturated carbocycles. The number of likely N-dealkylation sites (tertiary alicyclic amines) is 1. The molecule has 2 heterocycles. The lowest BCUT2D eigenvalue weighted by molar-refractivity contribution is 0.0192. The Morgan fingerprint density at radius 3 is 2.45 bits per heavy atom. The number of nitrogens with one attached hydrogen (secondary N) is 1. The maximum Gasteiger partial charge on any atom is 0.0602 e. The van der Waals surface area contributed by atoms with Crippen molar-refractivity contribution >= 4 is 0 Å². The van der Waals surface area contributed by atoms with Crippen molar-refractivity contribution in [3.63, 3.8) is 0 Å². The molecule has 20 heavy (non-hydrogen) atoms. The van der Waals surface area contributed by atoms with Crippen molar-refractivity contribution in [2.24, 2.45) is 11.3 Å². The average Bonchev–Trinajstić information content (AvgIpc) is 2.41. The summed E-state index contributed by atoms with van der Waals surface area (Å²) in [5, 5.41) is 3.94. The van der Waals surface area contributed by atoms with Gasteiger partial charge in [0.25, 0.3) is 0 Å². The first-order valence-corrected chi connectivity index (χ1v) is 8.58. The Hall–Kier alpha value is -0.120.